The third-order valence-corrected chi connectivity index (χ3v) is 7.43. The summed E-state index contributed by atoms with van der Waals surface area (Å²) in [7, 11) is 0. The minimum absolute atomic E-state index is 0.0753. The van der Waals surface area contributed by atoms with Gasteiger partial charge in [-0.15, -0.1) is 5.10 Å². The lowest BCUT2D eigenvalue weighted by atomic mass is 10.1. The van der Waals surface area contributed by atoms with Gasteiger partial charge < -0.3 is 20.6 Å². The summed E-state index contributed by atoms with van der Waals surface area (Å²) in [6.07, 6.45) is -6.49. The molecule has 1 aromatic carbocycles. The van der Waals surface area contributed by atoms with Crippen molar-refractivity contribution in [2.75, 3.05) is 17.7 Å². The molecule has 2 saturated carbocycles. The summed E-state index contributed by atoms with van der Waals surface area (Å²) in [5, 5.41) is 42.1. The maximum absolute atomic E-state index is 12.7. The van der Waals surface area contributed by atoms with Crippen molar-refractivity contribution in [3.05, 3.63) is 35.9 Å². The summed E-state index contributed by atoms with van der Waals surface area (Å²) in [4.78, 5) is 8.84. The Bertz CT molecular complexity index is 1180. The highest BCUT2D eigenvalue weighted by molar-refractivity contribution is 7.99. The predicted molar refractivity (Wildman–Crippen MR) is 122 cm³/mol. The number of alkyl halides is 3. The molecule has 13 heteroatoms. The van der Waals surface area contributed by atoms with Gasteiger partial charge in [0.25, 0.3) is 0 Å². The van der Waals surface area contributed by atoms with Gasteiger partial charge in [-0.25, -0.2) is 14.6 Å². The minimum atomic E-state index is -4.29. The molecule has 2 fully saturated rings. The molecule has 9 nitrogen and oxygen atoms in total. The van der Waals surface area contributed by atoms with Crippen LogP contribution in [-0.4, -0.2) is 77.1 Å². The quantitative estimate of drug-likeness (QED) is 0.267. The highest BCUT2D eigenvalue weighted by Gasteiger charge is 2.44. The van der Waals surface area contributed by atoms with Crippen molar-refractivity contribution >= 4 is 28.7 Å². The Kier molecular flexibility index (Phi) is 6.59. The van der Waals surface area contributed by atoms with E-state index in [4.69, 9.17) is 0 Å². The number of halogens is 3. The summed E-state index contributed by atoms with van der Waals surface area (Å²) in [5.41, 5.74) is 1.76. The van der Waals surface area contributed by atoms with Crippen LogP contribution >= 0.6 is 11.8 Å². The second-order valence-corrected chi connectivity index (χ2v) is 10.1. The molecule has 6 atom stereocenters. The maximum Gasteiger partial charge on any atom is 0.389 e. The smallest absolute Gasteiger partial charge is 0.389 e. The molecular formula is C22H25F3N6O3S. The maximum atomic E-state index is 12.7. The number of nitrogens with one attached hydrogen (secondary N) is 1. The Hall–Kier alpha value is -2.48. The average Bonchev–Trinajstić information content (AvgIpc) is 3.37. The van der Waals surface area contributed by atoms with Gasteiger partial charge in [0.1, 0.15) is 6.10 Å². The number of anilines is 1. The predicted octanol–water partition coefficient (Wildman–Crippen LogP) is 2.51. The molecule has 5 rings (SSSR count). The minimum Gasteiger partial charge on any atom is -0.396 e. The van der Waals surface area contributed by atoms with Crippen LogP contribution < -0.4 is 5.32 Å². The summed E-state index contributed by atoms with van der Waals surface area (Å²) in [6, 6.07) is 9.35. The van der Waals surface area contributed by atoms with Crippen molar-refractivity contribution in [2.45, 2.75) is 60.8 Å². The van der Waals surface area contributed by atoms with E-state index < -0.39 is 36.8 Å². The summed E-state index contributed by atoms with van der Waals surface area (Å²) in [6.45, 7) is -0.301. The number of aromatic nitrogens is 5. The van der Waals surface area contributed by atoms with Crippen molar-refractivity contribution in [3.8, 4) is 0 Å². The van der Waals surface area contributed by atoms with Crippen LogP contribution in [0.2, 0.25) is 0 Å². The highest BCUT2D eigenvalue weighted by atomic mass is 32.2. The monoisotopic (exact) mass is 510 g/mol. The number of benzene rings is 1. The zero-order chi connectivity index (χ0) is 24.7. The number of thioether (sulfide) groups is 1. The molecule has 2 aromatic heterocycles. The number of rotatable bonds is 8. The highest BCUT2D eigenvalue weighted by Crippen LogP contribution is 2.43. The van der Waals surface area contributed by atoms with Gasteiger partial charge in [-0.05, 0) is 18.4 Å². The molecule has 3 aromatic rings. The van der Waals surface area contributed by atoms with Crippen molar-refractivity contribution < 1.29 is 28.5 Å². The topological polar surface area (TPSA) is 129 Å². The van der Waals surface area contributed by atoms with E-state index >= 15 is 0 Å². The molecule has 2 heterocycles. The van der Waals surface area contributed by atoms with E-state index in [1.54, 1.807) is 0 Å². The largest absolute Gasteiger partial charge is 0.396 e. The Morgan fingerprint density at radius 3 is 2.54 bits per heavy atom. The normalized spacial score (nSPS) is 28.5. The third-order valence-electron chi connectivity index (χ3n) is 6.58. The lowest BCUT2D eigenvalue weighted by Crippen LogP contribution is -2.30. The van der Waals surface area contributed by atoms with Gasteiger partial charge in [-0.2, -0.15) is 13.2 Å². The van der Waals surface area contributed by atoms with Crippen molar-refractivity contribution in [1.82, 2.24) is 25.0 Å². The van der Waals surface area contributed by atoms with E-state index in [-0.39, 0.29) is 41.5 Å². The molecule has 0 radical (unpaired) electrons. The molecule has 0 spiro atoms. The number of aliphatic hydroxyl groups excluding tert-OH is 3. The van der Waals surface area contributed by atoms with Crippen molar-refractivity contribution in [2.24, 2.45) is 5.92 Å². The van der Waals surface area contributed by atoms with Crippen molar-refractivity contribution in [1.29, 1.82) is 0 Å². The number of aliphatic hydroxyl groups is 3. The van der Waals surface area contributed by atoms with Crippen LogP contribution in [0.3, 0.4) is 0 Å². The fourth-order valence-electron chi connectivity index (χ4n) is 4.58. The molecule has 4 N–H and O–H groups in total. The second kappa shape index (κ2) is 9.52. The lowest BCUT2D eigenvalue weighted by Gasteiger charge is -2.17. The molecule has 2 aliphatic carbocycles. The molecule has 0 amide bonds. The number of hydrogen-bond donors (Lipinski definition) is 4. The van der Waals surface area contributed by atoms with Crippen LogP contribution in [0.4, 0.5) is 19.0 Å². The molecule has 2 aliphatic rings. The molecule has 35 heavy (non-hydrogen) atoms. The first-order valence-electron chi connectivity index (χ1n) is 11.4. The van der Waals surface area contributed by atoms with E-state index in [0.717, 1.165) is 18.2 Å². The van der Waals surface area contributed by atoms with Gasteiger partial charge in [0, 0.05) is 30.2 Å². The third kappa shape index (κ3) is 5.08. The Labute approximate surface area is 202 Å². The van der Waals surface area contributed by atoms with E-state index in [9.17, 15) is 28.5 Å². The fourth-order valence-corrected chi connectivity index (χ4v) is 5.40. The Balaban J connectivity index is 1.45. The number of fused-ring (bicyclic) bond motifs is 1. The van der Waals surface area contributed by atoms with E-state index in [2.05, 4.69) is 25.6 Å². The van der Waals surface area contributed by atoms with Crippen LogP contribution in [0, 0.1) is 5.92 Å². The second-order valence-electron chi connectivity index (χ2n) is 9.01. The molecule has 0 saturated heterocycles. The van der Waals surface area contributed by atoms with Crippen LogP contribution in [0.5, 0.6) is 0 Å². The van der Waals surface area contributed by atoms with Gasteiger partial charge in [0.15, 0.2) is 22.1 Å². The summed E-state index contributed by atoms with van der Waals surface area (Å²) in [5.74, 6) is -0.142. The van der Waals surface area contributed by atoms with E-state index in [1.807, 2.05) is 30.3 Å². The van der Waals surface area contributed by atoms with Gasteiger partial charge in [-0.1, -0.05) is 47.3 Å². The zero-order valence-corrected chi connectivity index (χ0v) is 19.3. The Morgan fingerprint density at radius 2 is 1.86 bits per heavy atom. The lowest BCUT2D eigenvalue weighted by molar-refractivity contribution is -0.129. The molecule has 2 unspecified atom stereocenters. The van der Waals surface area contributed by atoms with Crippen LogP contribution in [0.25, 0.3) is 11.2 Å². The average molecular weight is 511 g/mol. The fraction of sp³-hybridized carbons (Fsp3) is 0.545. The van der Waals surface area contributed by atoms with Crippen molar-refractivity contribution in [3.63, 3.8) is 0 Å². The Morgan fingerprint density at radius 1 is 1.09 bits per heavy atom. The van der Waals surface area contributed by atoms with Gasteiger partial charge in [-0.3, -0.25) is 0 Å². The molecule has 188 valence electrons. The van der Waals surface area contributed by atoms with Gasteiger partial charge in [0.2, 0.25) is 0 Å². The van der Waals surface area contributed by atoms with Crippen LogP contribution in [0.1, 0.15) is 36.8 Å². The zero-order valence-electron chi connectivity index (χ0n) is 18.5. The molecule has 0 aliphatic heterocycles. The number of nitrogens with zero attached hydrogens (tertiary/aromatic N) is 5. The first kappa shape index (κ1) is 24.2. The van der Waals surface area contributed by atoms with Gasteiger partial charge in [0.05, 0.1) is 18.6 Å². The summed E-state index contributed by atoms with van der Waals surface area (Å²) >= 11 is 0.879. The standard InChI is InChI=1S/C22H25F3N6O3S/c23-22(24,25)6-7-35-21-27-19(26-14-9-13(14)11-4-2-1-3-5-11)16-20(28-21)31(30-29-16)15-8-12(10-32)17(33)18(15)34/h1-5,12-15,17-18,32-34H,6-10H2,(H,26,27,28)/t12-,13?,14?,15-,17-,18+/m0/s1. The SMILES string of the molecule is OC[C@@H]1C[C@H](n2nnc3c(NC4CC4c4ccccc4)nc(SCCC(F)(F)F)nc32)[C@@H](O)[C@H]1O. The molecular weight excluding hydrogens is 485 g/mol. The van der Waals surface area contributed by atoms with E-state index in [0.29, 0.717) is 11.3 Å². The first-order chi connectivity index (χ1) is 16.7. The first-order valence-corrected chi connectivity index (χ1v) is 12.3. The summed E-state index contributed by atoms with van der Waals surface area (Å²) < 4.78 is 39.4. The van der Waals surface area contributed by atoms with Gasteiger partial charge >= 0.3 is 6.18 Å². The van der Waals surface area contributed by atoms with Crippen LogP contribution in [-0.2, 0) is 0 Å². The number of hydrogen-bond acceptors (Lipinski definition) is 9. The van der Waals surface area contributed by atoms with Crippen LogP contribution in [0.15, 0.2) is 35.5 Å². The van der Waals surface area contributed by atoms with E-state index in [1.165, 1.54) is 10.2 Å². The molecule has 0 bridgehead atoms.